The first-order chi connectivity index (χ1) is 4.66. The molecule has 1 heterocycles. The Kier molecular flexibility index (Phi) is 2.00. The fraction of sp³-hybridized carbons (Fsp3) is 0.750. The molecule has 58 valence electrons. The van der Waals surface area contributed by atoms with Crippen molar-refractivity contribution in [3.63, 3.8) is 0 Å². The summed E-state index contributed by atoms with van der Waals surface area (Å²) in [5.74, 6) is 0. The van der Waals surface area contributed by atoms with Crippen LogP contribution in [0.2, 0.25) is 0 Å². The molecule has 0 fully saturated rings. The maximum atomic E-state index is 9.68. The first-order valence-electron chi connectivity index (χ1n) is 3.78. The first-order valence-corrected chi connectivity index (χ1v) is 3.78. The summed E-state index contributed by atoms with van der Waals surface area (Å²) in [6.45, 7) is 2.97. The van der Waals surface area contributed by atoms with Crippen LogP contribution in [0.5, 0.6) is 0 Å². The number of rotatable bonds is 1. The molecule has 0 spiro atoms. The third-order valence-electron chi connectivity index (χ3n) is 2.15. The maximum absolute atomic E-state index is 9.68. The van der Waals surface area contributed by atoms with Gasteiger partial charge in [-0.1, -0.05) is 6.92 Å². The molecule has 1 N–H and O–H groups in total. The smallest absolute Gasteiger partial charge is 0.0858 e. The average molecular weight is 141 g/mol. The van der Waals surface area contributed by atoms with Crippen molar-refractivity contribution in [1.29, 1.82) is 0 Å². The van der Waals surface area contributed by atoms with Gasteiger partial charge in [-0.3, -0.25) is 0 Å². The molecule has 0 aliphatic carbocycles. The molecule has 1 rings (SSSR count). The highest BCUT2D eigenvalue weighted by Gasteiger charge is 2.23. The Morgan fingerprint density at radius 2 is 2.40 bits per heavy atom. The van der Waals surface area contributed by atoms with Crippen molar-refractivity contribution in [2.45, 2.75) is 25.4 Å². The van der Waals surface area contributed by atoms with E-state index in [2.05, 4.69) is 4.90 Å². The fourth-order valence-electron chi connectivity index (χ4n) is 1.09. The largest absolute Gasteiger partial charge is 0.386 e. The predicted molar refractivity (Wildman–Crippen MR) is 41.6 cm³/mol. The van der Waals surface area contributed by atoms with Crippen LogP contribution in [0, 0.1) is 0 Å². The lowest BCUT2D eigenvalue weighted by molar-refractivity contribution is 0.0606. The van der Waals surface area contributed by atoms with E-state index in [9.17, 15) is 5.11 Å². The van der Waals surface area contributed by atoms with Gasteiger partial charge in [-0.05, 0) is 25.1 Å². The van der Waals surface area contributed by atoms with Gasteiger partial charge in [0, 0.05) is 13.6 Å². The molecule has 0 aromatic heterocycles. The normalized spacial score (nSPS) is 32.9. The third kappa shape index (κ3) is 1.51. The highest BCUT2D eigenvalue weighted by atomic mass is 16.3. The van der Waals surface area contributed by atoms with E-state index in [-0.39, 0.29) is 0 Å². The van der Waals surface area contributed by atoms with E-state index < -0.39 is 5.60 Å². The van der Waals surface area contributed by atoms with Crippen LogP contribution in [-0.4, -0.2) is 29.2 Å². The van der Waals surface area contributed by atoms with E-state index in [4.69, 9.17) is 0 Å². The monoisotopic (exact) mass is 141 g/mol. The summed E-state index contributed by atoms with van der Waals surface area (Å²) < 4.78 is 0. The lowest BCUT2D eigenvalue weighted by Gasteiger charge is -2.30. The van der Waals surface area contributed by atoms with Gasteiger partial charge < -0.3 is 10.0 Å². The average Bonchev–Trinajstić information content (AvgIpc) is 1.96. The molecular formula is C8H15NO. The number of nitrogens with zero attached hydrogens (tertiary/aromatic N) is 1. The highest BCUT2D eigenvalue weighted by Crippen LogP contribution is 2.20. The summed E-state index contributed by atoms with van der Waals surface area (Å²) in [6.07, 6.45) is 5.51. The molecule has 10 heavy (non-hydrogen) atoms. The Bertz CT molecular complexity index is 144. The summed E-state index contributed by atoms with van der Waals surface area (Å²) in [6, 6.07) is 0. The maximum Gasteiger partial charge on any atom is 0.0858 e. The summed E-state index contributed by atoms with van der Waals surface area (Å²) in [4.78, 5) is 2.09. The summed E-state index contributed by atoms with van der Waals surface area (Å²) in [7, 11) is 2.02. The molecule has 0 bridgehead atoms. The van der Waals surface area contributed by atoms with E-state index in [0.29, 0.717) is 0 Å². The fourth-order valence-corrected chi connectivity index (χ4v) is 1.09. The van der Waals surface area contributed by atoms with Gasteiger partial charge in [0.15, 0.2) is 0 Å². The zero-order chi connectivity index (χ0) is 7.61. The molecule has 0 saturated heterocycles. The van der Waals surface area contributed by atoms with E-state index in [1.165, 1.54) is 0 Å². The van der Waals surface area contributed by atoms with Crippen molar-refractivity contribution in [2.24, 2.45) is 0 Å². The Morgan fingerprint density at radius 1 is 1.70 bits per heavy atom. The van der Waals surface area contributed by atoms with E-state index in [1.54, 1.807) is 0 Å². The summed E-state index contributed by atoms with van der Waals surface area (Å²) >= 11 is 0. The van der Waals surface area contributed by atoms with Crippen molar-refractivity contribution in [3.05, 3.63) is 12.3 Å². The van der Waals surface area contributed by atoms with Crippen molar-refractivity contribution in [2.75, 3.05) is 13.6 Å². The van der Waals surface area contributed by atoms with E-state index >= 15 is 0 Å². The third-order valence-corrected chi connectivity index (χ3v) is 2.15. The van der Waals surface area contributed by atoms with Crippen molar-refractivity contribution in [3.8, 4) is 0 Å². The summed E-state index contributed by atoms with van der Waals surface area (Å²) in [5.41, 5.74) is -0.521. The second-order valence-electron chi connectivity index (χ2n) is 3.00. The van der Waals surface area contributed by atoms with Crippen LogP contribution in [-0.2, 0) is 0 Å². The molecule has 1 aliphatic heterocycles. The van der Waals surface area contributed by atoms with Crippen LogP contribution >= 0.6 is 0 Å². The molecule has 1 unspecified atom stereocenters. The zero-order valence-corrected chi connectivity index (χ0v) is 6.67. The van der Waals surface area contributed by atoms with Crippen LogP contribution in [0.1, 0.15) is 19.8 Å². The molecule has 0 amide bonds. The van der Waals surface area contributed by atoms with Crippen molar-refractivity contribution < 1.29 is 5.11 Å². The van der Waals surface area contributed by atoms with Gasteiger partial charge in [0.25, 0.3) is 0 Å². The second-order valence-corrected chi connectivity index (χ2v) is 3.00. The minimum Gasteiger partial charge on any atom is -0.386 e. The van der Waals surface area contributed by atoms with Gasteiger partial charge >= 0.3 is 0 Å². The molecule has 0 aromatic rings. The molecular weight excluding hydrogens is 126 g/mol. The number of hydrogen-bond donors (Lipinski definition) is 1. The van der Waals surface area contributed by atoms with Gasteiger partial charge in [0.1, 0.15) is 0 Å². The molecule has 2 heteroatoms. The van der Waals surface area contributed by atoms with Gasteiger partial charge in [-0.25, -0.2) is 0 Å². The molecule has 1 atom stereocenters. The van der Waals surface area contributed by atoms with Crippen LogP contribution in [0.25, 0.3) is 0 Å². The van der Waals surface area contributed by atoms with Crippen molar-refractivity contribution >= 4 is 0 Å². The quantitative estimate of drug-likeness (QED) is 0.588. The Balaban J connectivity index is 2.59. The van der Waals surface area contributed by atoms with Crippen LogP contribution < -0.4 is 0 Å². The molecule has 0 saturated carbocycles. The Labute approximate surface area is 62.2 Å². The van der Waals surface area contributed by atoms with Gasteiger partial charge in [0.05, 0.1) is 5.60 Å². The Hall–Kier alpha value is -0.500. The molecule has 1 aliphatic rings. The lowest BCUT2D eigenvalue weighted by atomic mass is 9.94. The minimum atomic E-state index is -0.521. The van der Waals surface area contributed by atoms with Crippen LogP contribution in [0.4, 0.5) is 0 Å². The second kappa shape index (κ2) is 2.62. The number of hydrogen-bond acceptors (Lipinski definition) is 2. The van der Waals surface area contributed by atoms with Gasteiger partial charge in [-0.15, -0.1) is 0 Å². The van der Waals surface area contributed by atoms with Crippen LogP contribution in [0.3, 0.4) is 0 Å². The SMILES string of the molecule is CCC1(O)C=CN(C)CC1. The van der Waals surface area contributed by atoms with E-state index in [1.807, 2.05) is 26.2 Å². The standard InChI is InChI=1S/C8H15NO/c1-3-8(10)4-6-9(2)7-5-8/h4,6,10H,3,5,7H2,1-2H3. The summed E-state index contributed by atoms with van der Waals surface area (Å²) in [5, 5.41) is 9.68. The topological polar surface area (TPSA) is 23.5 Å². The van der Waals surface area contributed by atoms with Gasteiger partial charge in [-0.2, -0.15) is 0 Å². The van der Waals surface area contributed by atoms with Crippen LogP contribution in [0.15, 0.2) is 12.3 Å². The Morgan fingerprint density at radius 3 is 2.80 bits per heavy atom. The first kappa shape index (κ1) is 7.61. The number of aliphatic hydroxyl groups is 1. The lowest BCUT2D eigenvalue weighted by Crippen LogP contribution is -2.34. The molecule has 2 nitrogen and oxygen atoms in total. The van der Waals surface area contributed by atoms with E-state index in [0.717, 1.165) is 19.4 Å². The molecule has 0 radical (unpaired) electrons. The zero-order valence-electron chi connectivity index (χ0n) is 6.67. The van der Waals surface area contributed by atoms with Gasteiger partial charge in [0.2, 0.25) is 0 Å². The highest BCUT2D eigenvalue weighted by molar-refractivity contribution is 5.03. The molecule has 0 aromatic carbocycles. The predicted octanol–water partition coefficient (Wildman–Crippen LogP) is 0.977. The minimum absolute atomic E-state index is 0.521. The van der Waals surface area contributed by atoms with Crippen molar-refractivity contribution in [1.82, 2.24) is 4.90 Å².